The number of phenolic OH excluding ortho intramolecular Hbond substituents is 1. The number of aromatic hydroxyl groups is 1. The van der Waals surface area contributed by atoms with Crippen LogP contribution < -0.4 is 10.6 Å². The summed E-state index contributed by atoms with van der Waals surface area (Å²) < 4.78 is 0. The summed E-state index contributed by atoms with van der Waals surface area (Å²) in [7, 11) is 0. The highest BCUT2D eigenvalue weighted by molar-refractivity contribution is 5.89. The second-order valence-electron chi connectivity index (χ2n) is 4.69. The SMILES string of the molecule is CC(=O)NC(C)C(=O)NC(Cc1ccc(O)cc1)C(=O)O. The van der Waals surface area contributed by atoms with Gasteiger partial charge in [-0.1, -0.05) is 12.1 Å². The zero-order valence-corrected chi connectivity index (χ0v) is 11.8. The van der Waals surface area contributed by atoms with Crippen LogP contribution in [0.1, 0.15) is 19.4 Å². The molecule has 2 unspecified atom stereocenters. The minimum atomic E-state index is -1.17. The number of phenols is 1. The molecule has 4 N–H and O–H groups in total. The molecule has 2 atom stereocenters. The van der Waals surface area contributed by atoms with Gasteiger partial charge in [0, 0.05) is 13.3 Å². The third-order valence-electron chi connectivity index (χ3n) is 2.80. The van der Waals surface area contributed by atoms with Gasteiger partial charge >= 0.3 is 5.97 Å². The Kier molecular flexibility index (Phi) is 5.71. The molecule has 7 heteroatoms. The van der Waals surface area contributed by atoms with Crippen molar-refractivity contribution in [3.63, 3.8) is 0 Å². The van der Waals surface area contributed by atoms with Crippen LogP contribution in [0.25, 0.3) is 0 Å². The fourth-order valence-electron chi connectivity index (χ4n) is 1.73. The minimum absolute atomic E-state index is 0.0775. The van der Waals surface area contributed by atoms with E-state index in [4.69, 9.17) is 5.11 Å². The Morgan fingerprint density at radius 2 is 1.71 bits per heavy atom. The topological polar surface area (TPSA) is 116 Å². The lowest BCUT2D eigenvalue weighted by atomic mass is 10.1. The van der Waals surface area contributed by atoms with Crippen molar-refractivity contribution in [2.45, 2.75) is 32.4 Å². The number of carboxylic acids is 1. The highest BCUT2D eigenvalue weighted by Crippen LogP contribution is 2.11. The zero-order chi connectivity index (χ0) is 16.0. The molecule has 0 fully saturated rings. The standard InChI is InChI=1S/C14H18N2O5/c1-8(15-9(2)17)13(19)16-12(14(20)21)7-10-3-5-11(18)6-4-10/h3-6,8,12,18H,7H2,1-2H3,(H,15,17)(H,16,19)(H,20,21). The Hall–Kier alpha value is -2.57. The fourth-order valence-corrected chi connectivity index (χ4v) is 1.73. The molecule has 0 saturated heterocycles. The summed E-state index contributed by atoms with van der Waals surface area (Å²) in [6, 6.07) is 4.11. The number of carbonyl (C=O) groups excluding carboxylic acids is 2. The predicted molar refractivity (Wildman–Crippen MR) is 74.7 cm³/mol. The van der Waals surface area contributed by atoms with Crippen LogP contribution in [0.3, 0.4) is 0 Å². The Morgan fingerprint density at radius 3 is 2.19 bits per heavy atom. The van der Waals surface area contributed by atoms with Gasteiger partial charge in [0.2, 0.25) is 11.8 Å². The van der Waals surface area contributed by atoms with E-state index in [1.54, 1.807) is 12.1 Å². The third kappa shape index (κ3) is 5.52. The molecule has 0 heterocycles. The molecule has 1 aromatic rings. The molecule has 0 aliphatic rings. The number of aliphatic carboxylic acids is 1. The van der Waals surface area contributed by atoms with E-state index in [2.05, 4.69) is 10.6 Å². The number of benzene rings is 1. The largest absolute Gasteiger partial charge is 0.508 e. The van der Waals surface area contributed by atoms with Crippen molar-refractivity contribution >= 4 is 17.8 Å². The quantitative estimate of drug-likeness (QED) is 0.590. The van der Waals surface area contributed by atoms with Gasteiger partial charge in [-0.15, -0.1) is 0 Å². The summed E-state index contributed by atoms with van der Waals surface area (Å²) in [6.45, 7) is 2.74. The van der Waals surface area contributed by atoms with Crippen molar-refractivity contribution in [1.82, 2.24) is 10.6 Å². The summed E-state index contributed by atoms with van der Waals surface area (Å²) in [6.07, 6.45) is 0.0775. The first kappa shape index (κ1) is 16.5. The molecular weight excluding hydrogens is 276 g/mol. The predicted octanol–water partition coefficient (Wildman–Crippen LogP) is 0.0287. The average molecular weight is 294 g/mol. The molecule has 0 bridgehead atoms. The molecule has 1 rings (SSSR count). The first-order chi connectivity index (χ1) is 9.79. The monoisotopic (exact) mass is 294 g/mol. The van der Waals surface area contributed by atoms with Gasteiger partial charge in [0.05, 0.1) is 0 Å². The highest BCUT2D eigenvalue weighted by Gasteiger charge is 2.23. The van der Waals surface area contributed by atoms with E-state index in [1.807, 2.05) is 0 Å². The number of hydrogen-bond acceptors (Lipinski definition) is 4. The molecule has 114 valence electrons. The molecule has 2 amide bonds. The van der Waals surface area contributed by atoms with Crippen LogP contribution >= 0.6 is 0 Å². The van der Waals surface area contributed by atoms with Crippen LogP contribution in [0.15, 0.2) is 24.3 Å². The van der Waals surface area contributed by atoms with Gasteiger partial charge in [0.15, 0.2) is 0 Å². The molecule has 0 spiro atoms. The first-order valence-electron chi connectivity index (χ1n) is 6.37. The van der Waals surface area contributed by atoms with Crippen molar-refractivity contribution in [2.75, 3.05) is 0 Å². The summed E-state index contributed by atoms with van der Waals surface area (Å²) in [5.41, 5.74) is 0.660. The van der Waals surface area contributed by atoms with Crippen LogP contribution in [-0.2, 0) is 20.8 Å². The Labute approximate surface area is 122 Å². The molecule has 0 saturated carbocycles. The van der Waals surface area contributed by atoms with Crippen molar-refractivity contribution in [2.24, 2.45) is 0 Å². The third-order valence-corrected chi connectivity index (χ3v) is 2.80. The van der Waals surface area contributed by atoms with Crippen molar-refractivity contribution in [1.29, 1.82) is 0 Å². The van der Waals surface area contributed by atoms with Gasteiger partial charge in [0.25, 0.3) is 0 Å². The maximum Gasteiger partial charge on any atom is 0.326 e. The normalized spacial score (nSPS) is 13.0. The number of nitrogens with one attached hydrogen (secondary N) is 2. The molecule has 0 aromatic heterocycles. The molecule has 0 aliphatic carbocycles. The molecule has 0 aliphatic heterocycles. The van der Waals surface area contributed by atoms with Gasteiger partial charge in [0.1, 0.15) is 17.8 Å². The lowest BCUT2D eigenvalue weighted by Crippen LogP contribution is -2.50. The Balaban J connectivity index is 2.69. The van der Waals surface area contributed by atoms with Crippen LogP contribution in [0.4, 0.5) is 0 Å². The van der Waals surface area contributed by atoms with Crippen LogP contribution in [-0.4, -0.2) is 40.1 Å². The average Bonchev–Trinajstić information content (AvgIpc) is 2.39. The number of rotatable bonds is 6. The van der Waals surface area contributed by atoms with Crippen LogP contribution in [0.2, 0.25) is 0 Å². The lowest BCUT2D eigenvalue weighted by Gasteiger charge is -2.18. The number of amides is 2. The van der Waals surface area contributed by atoms with E-state index in [1.165, 1.54) is 26.0 Å². The van der Waals surface area contributed by atoms with Gasteiger partial charge < -0.3 is 20.8 Å². The molecule has 21 heavy (non-hydrogen) atoms. The van der Waals surface area contributed by atoms with Crippen LogP contribution in [0, 0.1) is 0 Å². The first-order valence-corrected chi connectivity index (χ1v) is 6.37. The van der Waals surface area contributed by atoms with E-state index in [-0.39, 0.29) is 18.1 Å². The summed E-state index contributed by atoms with van der Waals surface area (Å²) in [5.74, 6) is -2.04. The Morgan fingerprint density at radius 1 is 1.14 bits per heavy atom. The fraction of sp³-hybridized carbons (Fsp3) is 0.357. The number of carbonyl (C=O) groups is 3. The summed E-state index contributed by atoms with van der Waals surface area (Å²) in [4.78, 5) is 33.9. The van der Waals surface area contributed by atoms with E-state index in [9.17, 15) is 19.5 Å². The second-order valence-corrected chi connectivity index (χ2v) is 4.69. The highest BCUT2D eigenvalue weighted by atomic mass is 16.4. The van der Waals surface area contributed by atoms with Gasteiger partial charge in [-0.25, -0.2) is 4.79 Å². The van der Waals surface area contributed by atoms with Gasteiger partial charge in [-0.2, -0.15) is 0 Å². The lowest BCUT2D eigenvalue weighted by molar-refractivity contribution is -0.142. The number of carboxylic acid groups (broad SMARTS) is 1. The second kappa shape index (κ2) is 7.28. The molecule has 1 aromatic carbocycles. The van der Waals surface area contributed by atoms with E-state index >= 15 is 0 Å². The number of hydrogen-bond donors (Lipinski definition) is 4. The minimum Gasteiger partial charge on any atom is -0.508 e. The van der Waals surface area contributed by atoms with E-state index < -0.39 is 24.0 Å². The van der Waals surface area contributed by atoms with Crippen molar-refractivity contribution in [3.05, 3.63) is 29.8 Å². The maximum absolute atomic E-state index is 11.8. The van der Waals surface area contributed by atoms with Crippen LogP contribution in [0.5, 0.6) is 5.75 Å². The molecule has 7 nitrogen and oxygen atoms in total. The van der Waals surface area contributed by atoms with Gasteiger partial charge in [-0.05, 0) is 24.6 Å². The Bertz CT molecular complexity index is 527. The smallest absolute Gasteiger partial charge is 0.326 e. The van der Waals surface area contributed by atoms with E-state index in [0.717, 1.165) is 0 Å². The molecular formula is C14H18N2O5. The maximum atomic E-state index is 11.8. The molecule has 0 radical (unpaired) electrons. The summed E-state index contributed by atoms with van der Waals surface area (Å²) in [5, 5.41) is 23.1. The van der Waals surface area contributed by atoms with E-state index in [0.29, 0.717) is 5.56 Å². The zero-order valence-electron chi connectivity index (χ0n) is 11.8. The summed E-state index contributed by atoms with van der Waals surface area (Å²) >= 11 is 0. The van der Waals surface area contributed by atoms with Crippen molar-refractivity contribution < 1.29 is 24.6 Å². The van der Waals surface area contributed by atoms with Crippen molar-refractivity contribution in [3.8, 4) is 5.75 Å². The van der Waals surface area contributed by atoms with Gasteiger partial charge in [-0.3, -0.25) is 9.59 Å².